The van der Waals surface area contributed by atoms with Crippen LogP contribution in [0.5, 0.6) is 5.75 Å². The van der Waals surface area contributed by atoms with Gasteiger partial charge in [0, 0.05) is 12.7 Å². The third kappa shape index (κ3) is 4.38. The molecule has 1 aromatic heterocycles. The van der Waals surface area contributed by atoms with Crippen LogP contribution in [0, 0.1) is 6.92 Å². The van der Waals surface area contributed by atoms with E-state index in [0.717, 1.165) is 16.9 Å². The summed E-state index contributed by atoms with van der Waals surface area (Å²) in [5.41, 5.74) is 2.45. The molecule has 1 aromatic carbocycles. The van der Waals surface area contributed by atoms with Gasteiger partial charge in [0.25, 0.3) is 0 Å². The summed E-state index contributed by atoms with van der Waals surface area (Å²) >= 11 is 1.41. The Balaban J connectivity index is 2.21. The summed E-state index contributed by atoms with van der Waals surface area (Å²) in [6, 6.07) is 5.93. The number of carbonyl (C=O) groups excluding carboxylic acids is 1. The molecule has 0 saturated carbocycles. The van der Waals surface area contributed by atoms with Crippen molar-refractivity contribution in [3.8, 4) is 5.75 Å². The van der Waals surface area contributed by atoms with Gasteiger partial charge in [-0.3, -0.25) is 0 Å². The van der Waals surface area contributed by atoms with E-state index in [1.807, 2.05) is 31.4 Å². The number of nitrogens with one attached hydrogen (secondary N) is 1. The Bertz CT molecular complexity index is 722. The lowest BCUT2D eigenvalue weighted by atomic mass is 10.1. The predicted octanol–water partition coefficient (Wildman–Crippen LogP) is 3.30. The second-order valence-corrected chi connectivity index (χ2v) is 5.77. The van der Waals surface area contributed by atoms with E-state index in [1.54, 1.807) is 14.0 Å². The first kappa shape index (κ1) is 18.1. The maximum Gasteiger partial charge on any atom is 0.343 e. The van der Waals surface area contributed by atoms with Crippen molar-refractivity contribution in [2.75, 3.05) is 25.3 Å². The number of esters is 1. The maximum absolute atomic E-state index is 12.0. The first-order valence-electron chi connectivity index (χ1n) is 7.54. The Kier molecular flexibility index (Phi) is 6.43. The van der Waals surface area contributed by atoms with E-state index in [4.69, 9.17) is 9.47 Å². The Hall–Kier alpha value is -2.28. The molecule has 0 radical (unpaired) electrons. The molecule has 24 heavy (non-hydrogen) atoms. The molecule has 0 fully saturated rings. The quantitative estimate of drug-likeness (QED) is 0.468. The molecule has 1 heterocycles. The lowest BCUT2D eigenvalue weighted by Gasteiger charge is -2.12. The monoisotopic (exact) mass is 347 g/mol. The van der Waals surface area contributed by atoms with Crippen molar-refractivity contribution in [1.29, 1.82) is 0 Å². The number of aromatic nitrogens is 2. The third-order valence-corrected chi connectivity index (χ3v) is 3.93. The van der Waals surface area contributed by atoms with Crippen molar-refractivity contribution in [3.63, 3.8) is 0 Å². The van der Waals surface area contributed by atoms with Gasteiger partial charge in [-0.1, -0.05) is 23.9 Å². The van der Waals surface area contributed by atoms with Gasteiger partial charge in [0.2, 0.25) is 0 Å². The molecule has 0 unspecified atom stereocenters. The van der Waals surface area contributed by atoms with Gasteiger partial charge in [-0.05, 0) is 37.3 Å². The van der Waals surface area contributed by atoms with E-state index in [1.165, 1.54) is 18.0 Å². The Morgan fingerprint density at radius 2 is 2.17 bits per heavy atom. The Labute approximate surface area is 146 Å². The molecule has 1 N–H and O–H groups in total. The molecular weight excluding hydrogens is 326 g/mol. The molecule has 0 aliphatic carbocycles. The number of methoxy groups -OCH3 is 1. The molecule has 0 aliphatic heterocycles. The summed E-state index contributed by atoms with van der Waals surface area (Å²) in [6.45, 7) is 4.59. The van der Waals surface area contributed by atoms with Crippen LogP contribution >= 0.6 is 11.8 Å². The van der Waals surface area contributed by atoms with Crippen molar-refractivity contribution in [2.24, 2.45) is 0 Å². The second kappa shape index (κ2) is 8.54. The molecule has 0 aliphatic rings. The van der Waals surface area contributed by atoms with E-state index in [9.17, 15) is 4.79 Å². The first-order valence-corrected chi connectivity index (χ1v) is 8.77. The van der Waals surface area contributed by atoms with E-state index in [0.29, 0.717) is 29.7 Å². The highest BCUT2D eigenvalue weighted by Gasteiger charge is 2.15. The average molecular weight is 347 g/mol. The SMILES string of the molecule is CCOC(=O)c1cnc(SC)nc1NCc1ccc(OC)c(C)c1. The predicted molar refractivity (Wildman–Crippen MR) is 94.8 cm³/mol. The van der Waals surface area contributed by atoms with Gasteiger partial charge in [0.15, 0.2) is 5.16 Å². The Morgan fingerprint density at radius 3 is 2.79 bits per heavy atom. The summed E-state index contributed by atoms with van der Waals surface area (Å²) in [7, 11) is 1.65. The number of ether oxygens (including phenoxy) is 2. The molecule has 0 bridgehead atoms. The zero-order chi connectivity index (χ0) is 17.5. The van der Waals surface area contributed by atoms with Crippen molar-refractivity contribution in [3.05, 3.63) is 41.1 Å². The van der Waals surface area contributed by atoms with E-state index in [-0.39, 0.29) is 0 Å². The van der Waals surface area contributed by atoms with Crippen molar-refractivity contribution in [1.82, 2.24) is 9.97 Å². The first-order chi connectivity index (χ1) is 11.6. The van der Waals surface area contributed by atoms with Gasteiger partial charge in [0.05, 0.1) is 13.7 Å². The molecule has 7 heteroatoms. The van der Waals surface area contributed by atoms with Crippen molar-refractivity contribution in [2.45, 2.75) is 25.5 Å². The summed E-state index contributed by atoms with van der Waals surface area (Å²) in [4.78, 5) is 20.6. The minimum Gasteiger partial charge on any atom is -0.496 e. The number of anilines is 1. The minimum absolute atomic E-state index is 0.306. The fraction of sp³-hybridized carbons (Fsp3) is 0.353. The van der Waals surface area contributed by atoms with Gasteiger partial charge in [-0.15, -0.1) is 0 Å². The van der Waals surface area contributed by atoms with Crippen LogP contribution in [0.15, 0.2) is 29.6 Å². The lowest BCUT2D eigenvalue weighted by Crippen LogP contribution is -2.12. The van der Waals surface area contributed by atoms with Crippen LogP contribution in [0.1, 0.15) is 28.4 Å². The highest BCUT2D eigenvalue weighted by Crippen LogP contribution is 2.21. The van der Waals surface area contributed by atoms with Crippen LogP contribution in [-0.4, -0.2) is 35.9 Å². The third-order valence-electron chi connectivity index (χ3n) is 3.36. The lowest BCUT2D eigenvalue weighted by molar-refractivity contribution is 0.0526. The summed E-state index contributed by atoms with van der Waals surface area (Å²) in [5, 5.41) is 3.80. The number of aryl methyl sites for hydroxylation is 1. The van der Waals surface area contributed by atoms with Crippen LogP contribution in [-0.2, 0) is 11.3 Å². The van der Waals surface area contributed by atoms with Crippen molar-refractivity contribution >= 4 is 23.5 Å². The van der Waals surface area contributed by atoms with Gasteiger partial charge in [-0.25, -0.2) is 14.8 Å². The number of rotatable bonds is 7. The van der Waals surface area contributed by atoms with Crippen LogP contribution in [0.3, 0.4) is 0 Å². The van der Waals surface area contributed by atoms with Gasteiger partial charge >= 0.3 is 5.97 Å². The summed E-state index contributed by atoms with van der Waals surface area (Å²) in [6.07, 6.45) is 3.38. The highest BCUT2D eigenvalue weighted by molar-refractivity contribution is 7.98. The van der Waals surface area contributed by atoms with Gasteiger partial charge < -0.3 is 14.8 Å². The highest BCUT2D eigenvalue weighted by atomic mass is 32.2. The number of benzene rings is 1. The number of nitrogens with zero attached hydrogens (tertiary/aromatic N) is 2. The molecular formula is C17H21N3O3S. The normalized spacial score (nSPS) is 10.3. The average Bonchev–Trinajstić information content (AvgIpc) is 2.60. The van der Waals surface area contributed by atoms with Crippen molar-refractivity contribution < 1.29 is 14.3 Å². The Morgan fingerprint density at radius 1 is 1.38 bits per heavy atom. The number of hydrogen-bond donors (Lipinski definition) is 1. The zero-order valence-corrected chi connectivity index (χ0v) is 15.1. The van der Waals surface area contributed by atoms with Gasteiger partial charge in [0.1, 0.15) is 17.1 Å². The topological polar surface area (TPSA) is 73.3 Å². The number of hydrogen-bond acceptors (Lipinski definition) is 7. The van der Waals surface area contributed by atoms with Crippen LogP contribution in [0.25, 0.3) is 0 Å². The van der Waals surface area contributed by atoms with Crippen LogP contribution in [0.4, 0.5) is 5.82 Å². The summed E-state index contributed by atoms with van der Waals surface area (Å²) in [5.74, 6) is 0.887. The van der Waals surface area contributed by atoms with Crippen LogP contribution in [0.2, 0.25) is 0 Å². The molecule has 128 valence electrons. The van der Waals surface area contributed by atoms with E-state index < -0.39 is 5.97 Å². The standard InChI is InChI=1S/C17H21N3O3S/c1-5-23-16(21)13-10-19-17(24-4)20-15(13)18-9-12-6-7-14(22-3)11(2)8-12/h6-8,10H,5,9H2,1-4H3,(H,18,19,20). The molecule has 0 atom stereocenters. The summed E-state index contributed by atoms with van der Waals surface area (Å²) < 4.78 is 10.3. The maximum atomic E-state index is 12.0. The minimum atomic E-state index is -0.432. The molecule has 0 amide bonds. The fourth-order valence-electron chi connectivity index (χ4n) is 2.19. The largest absolute Gasteiger partial charge is 0.496 e. The fourth-order valence-corrected chi connectivity index (χ4v) is 2.53. The molecule has 2 aromatic rings. The smallest absolute Gasteiger partial charge is 0.343 e. The second-order valence-electron chi connectivity index (χ2n) is 5.00. The number of carbonyl (C=O) groups is 1. The number of thioether (sulfide) groups is 1. The molecule has 6 nitrogen and oxygen atoms in total. The molecule has 0 spiro atoms. The van der Waals surface area contributed by atoms with E-state index in [2.05, 4.69) is 15.3 Å². The zero-order valence-electron chi connectivity index (χ0n) is 14.3. The molecule has 2 rings (SSSR count). The van der Waals surface area contributed by atoms with Gasteiger partial charge in [-0.2, -0.15) is 0 Å². The van der Waals surface area contributed by atoms with E-state index >= 15 is 0 Å². The molecule has 0 saturated heterocycles. The van der Waals surface area contributed by atoms with Crippen LogP contribution < -0.4 is 10.1 Å².